The number of rotatable bonds is 4. The van der Waals surface area contributed by atoms with Crippen LogP contribution in [0.25, 0.3) is 11.0 Å². The summed E-state index contributed by atoms with van der Waals surface area (Å²) in [4.78, 5) is 8.79. The van der Waals surface area contributed by atoms with Crippen molar-refractivity contribution in [3.63, 3.8) is 0 Å². The summed E-state index contributed by atoms with van der Waals surface area (Å²) in [5.74, 6) is 2.31. The third-order valence-corrected chi connectivity index (χ3v) is 3.59. The molecule has 20 heavy (non-hydrogen) atoms. The Bertz CT molecular complexity index is 747. The molecule has 1 N–H and O–H groups in total. The standard InChI is InChI=1S/C14H15BrN4O/c1-3-19-12-6-10(15)4-5-11(12)18-14(19)17-8-13-16-7-9(2)20-13/h4-7H,3,8H2,1-2H3,(H,17,18). The van der Waals surface area contributed by atoms with Gasteiger partial charge in [0.05, 0.1) is 23.8 Å². The number of oxazole rings is 1. The Kier molecular flexibility index (Phi) is 3.48. The van der Waals surface area contributed by atoms with Crippen LogP contribution >= 0.6 is 15.9 Å². The minimum Gasteiger partial charge on any atom is -0.444 e. The molecule has 6 heteroatoms. The molecule has 0 amide bonds. The third-order valence-electron chi connectivity index (χ3n) is 3.09. The first-order chi connectivity index (χ1) is 9.67. The fraction of sp³-hybridized carbons (Fsp3) is 0.286. The molecular weight excluding hydrogens is 320 g/mol. The number of aryl methyl sites for hydroxylation is 2. The molecular formula is C14H15BrN4O. The first-order valence-corrected chi connectivity index (χ1v) is 7.27. The zero-order chi connectivity index (χ0) is 14.1. The maximum absolute atomic E-state index is 5.45. The lowest BCUT2D eigenvalue weighted by Crippen LogP contribution is -2.06. The average molecular weight is 335 g/mol. The van der Waals surface area contributed by atoms with Crippen LogP contribution in [0.2, 0.25) is 0 Å². The van der Waals surface area contributed by atoms with Gasteiger partial charge in [-0.3, -0.25) is 0 Å². The number of nitrogens with zero attached hydrogens (tertiary/aromatic N) is 3. The monoisotopic (exact) mass is 334 g/mol. The quantitative estimate of drug-likeness (QED) is 0.789. The zero-order valence-corrected chi connectivity index (χ0v) is 12.9. The summed E-state index contributed by atoms with van der Waals surface area (Å²) in [6, 6.07) is 6.08. The summed E-state index contributed by atoms with van der Waals surface area (Å²) in [6.07, 6.45) is 1.72. The van der Waals surface area contributed by atoms with Crippen molar-refractivity contribution >= 4 is 32.9 Å². The largest absolute Gasteiger partial charge is 0.444 e. The molecule has 2 aromatic heterocycles. The topological polar surface area (TPSA) is 55.9 Å². The van der Waals surface area contributed by atoms with Crippen LogP contribution < -0.4 is 5.32 Å². The highest BCUT2D eigenvalue weighted by atomic mass is 79.9. The van der Waals surface area contributed by atoms with E-state index in [1.807, 2.05) is 19.1 Å². The van der Waals surface area contributed by atoms with E-state index in [1.54, 1.807) is 6.20 Å². The highest BCUT2D eigenvalue weighted by molar-refractivity contribution is 9.10. The second-order valence-electron chi connectivity index (χ2n) is 4.53. The number of hydrogen-bond donors (Lipinski definition) is 1. The third kappa shape index (κ3) is 2.43. The van der Waals surface area contributed by atoms with Gasteiger partial charge in [0.15, 0.2) is 0 Å². The normalized spacial score (nSPS) is 11.2. The van der Waals surface area contributed by atoms with Gasteiger partial charge in [0.2, 0.25) is 11.8 Å². The lowest BCUT2D eigenvalue weighted by molar-refractivity contribution is 0.478. The Morgan fingerprint density at radius 1 is 1.40 bits per heavy atom. The number of benzene rings is 1. The molecule has 0 saturated heterocycles. The number of nitrogens with one attached hydrogen (secondary N) is 1. The van der Waals surface area contributed by atoms with Crippen molar-refractivity contribution in [1.29, 1.82) is 0 Å². The van der Waals surface area contributed by atoms with E-state index >= 15 is 0 Å². The van der Waals surface area contributed by atoms with Gasteiger partial charge in [-0.05, 0) is 32.0 Å². The van der Waals surface area contributed by atoms with E-state index in [0.29, 0.717) is 12.4 Å². The maximum atomic E-state index is 5.45. The molecule has 1 aromatic carbocycles. The smallest absolute Gasteiger partial charge is 0.213 e. The Balaban J connectivity index is 1.90. The van der Waals surface area contributed by atoms with Gasteiger partial charge in [-0.15, -0.1) is 0 Å². The molecule has 0 unspecified atom stereocenters. The first kappa shape index (κ1) is 13.2. The first-order valence-electron chi connectivity index (χ1n) is 6.48. The van der Waals surface area contributed by atoms with Crippen LogP contribution in [0, 0.1) is 6.92 Å². The average Bonchev–Trinajstić information content (AvgIpc) is 2.99. The fourth-order valence-corrected chi connectivity index (χ4v) is 2.54. The summed E-state index contributed by atoms with van der Waals surface area (Å²) in [7, 11) is 0. The van der Waals surface area contributed by atoms with Gasteiger partial charge in [-0.25, -0.2) is 9.97 Å². The Hall–Kier alpha value is -1.82. The minimum atomic E-state index is 0.526. The van der Waals surface area contributed by atoms with Crippen LogP contribution in [0.3, 0.4) is 0 Å². The van der Waals surface area contributed by atoms with E-state index < -0.39 is 0 Å². The van der Waals surface area contributed by atoms with Crippen LogP contribution in [0.15, 0.2) is 33.3 Å². The second kappa shape index (κ2) is 5.28. The molecule has 5 nitrogen and oxygen atoms in total. The van der Waals surface area contributed by atoms with E-state index in [2.05, 4.69) is 48.8 Å². The van der Waals surface area contributed by atoms with Crippen molar-refractivity contribution in [1.82, 2.24) is 14.5 Å². The number of aromatic nitrogens is 3. The van der Waals surface area contributed by atoms with Gasteiger partial charge in [0, 0.05) is 11.0 Å². The second-order valence-corrected chi connectivity index (χ2v) is 5.45. The fourth-order valence-electron chi connectivity index (χ4n) is 2.19. The van der Waals surface area contributed by atoms with Crippen LogP contribution in [-0.2, 0) is 13.1 Å². The summed E-state index contributed by atoms with van der Waals surface area (Å²) < 4.78 is 8.64. The van der Waals surface area contributed by atoms with E-state index in [4.69, 9.17) is 4.42 Å². The molecule has 104 valence electrons. The van der Waals surface area contributed by atoms with Crippen LogP contribution in [0.4, 0.5) is 5.95 Å². The summed E-state index contributed by atoms with van der Waals surface area (Å²) in [6.45, 7) is 5.36. The highest BCUT2D eigenvalue weighted by Gasteiger charge is 2.10. The van der Waals surface area contributed by atoms with Gasteiger partial charge in [0.25, 0.3) is 0 Å². The highest BCUT2D eigenvalue weighted by Crippen LogP contribution is 2.23. The van der Waals surface area contributed by atoms with E-state index in [0.717, 1.165) is 33.8 Å². The molecule has 0 bridgehead atoms. The SMILES string of the molecule is CCn1c(NCc2ncc(C)o2)nc2ccc(Br)cc21. The van der Waals surface area contributed by atoms with Crippen molar-refractivity contribution in [2.75, 3.05) is 5.32 Å². The maximum Gasteiger partial charge on any atom is 0.213 e. The summed E-state index contributed by atoms with van der Waals surface area (Å²) >= 11 is 3.50. The van der Waals surface area contributed by atoms with Crippen LogP contribution in [0.1, 0.15) is 18.6 Å². The number of imidazole rings is 1. The molecule has 3 aromatic rings. The minimum absolute atomic E-state index is 0.526. The molecule has 0 aliphatic rings. The van der Waals surface area contributed by atoms with Crippen molar-refractivity contribution in [3.8, 4) is 0 Å². The lowest BCUT2D eigenvalue weighted by atomic mass is 10.3. The van der Waals surface area contributed by atoms with Gasteiger partial charge in [-0.1, -0.05) is 15.9 Å². The molecule has 0 aliphatic heterocycles. The predicted octanol–water partition coefficient (Wildman–Crippen LogP) is 3.73. The number of hydrogen-bond acceptors (Lipinski definition) is 4. The van der Waals surface area contributed by atoms with Crippen molar-refractivity contribution in [2.45, 2.75) is 26.9 Å². The number of fused-ring (bicyclic) bond motifs is 1. The van der Waals surface area contributed by atoms with Gasteiger partial charge >= 0.3 is 0 Å². The molecule has 0 saturated carbocycles. The number of anilines is 1. The summed E-state index contributed by atoms with van der Waals surface area (Å²) in [5.41, 5.74) is 2.08. The van der Waals surface area contributed by atoms with Gasteiger partial charge < -0.3 is 14.3 Å². The molecule has 0 aliphatic carbocycles. The number of halogens is 1. The Morgan fingerprint density at radius 2 is 2.25 bits per heavy atom. The van der Waals surface area contributed by atoms with E-state index in [9.17, 15) is 0 Å². The Labute approximate surface area is 125 Å². The van der Waals surface area contributed by atoms with E-state index in [1.165, 1.54) is 0 Å². The van der Waals surface area contributed by atoms with E-state index in [-0.39, 0.29) is 0 Å². The Morgan fingerprint density at radius 3 is 2.95 bits per heavy atom. The van der Waals surface area contributed by atoms with Crippen LogP contribution in [0.5, 0.6) is 0 Å². The molecule has 0 fully saturated rings. The predicted molar refractivity (Wildman–Crippen MR) is 81.7 cm³/mol. The van der Waals surface area contributed by atoms with Gasteiger partial charge in [-0.2, -0.15) is 0 Å². The summed E-state index contributed by atoms with van der Waals surface area (Å²) in [5, 5.41) is 3.28. The van der Waals surface area contributed by atoms with Crippen LogP contribution in [-0.4, -0.2) is 14.5 Å². The van der Waals surface area contributed by atoms with Crippen molar-refractivity contribution < 1.29 is 4.42 Å². The van der Waals surface area contributed by atoms with Crippen molar-refractivity contribution in [2.24, 2.45) is 0 Å². The lowest BCUT2D eigenvalue weighted by Gasteiger charge is -2.06. The molecule has 0 atom stereocenters. The zero-order valence-electron chi connectivity index (χ0n) is 11.4. The van der Waals surface area contributed by atoms with Gasteiger partial charge in [0.1, 0.15) is 5.76 Å². The molecule has 3 rings (SSSR count). The van der Waals surface area contributed by atoms with Crippen molar-refractivity contribution in [3.05, 3.63) is 40.5 Å². The molecule has 0 radical (unpaired) electrons. The molecule has 2 heterocycles. The molecule has 0 spiro atoms.